The zero-order valence-corrected chi connectivity index (χ0v) is 17.4. The fourth-order valence-electron chi connectivity index (χ4n) is 3.83. The van der Waals surface area contributed by atoms with Crippen LogP contribution < -0.4 is 20.1 Å². The van der Waals surface area contributed by atoms with Gasteiger partial charge in [0, 0.05) is 17.5 Å². The van der Waals surface area contributed by atoms with Gasteiger partial charge in [0.05, 0.1) is 11.7 Å². The predicted molar refractivity (Wildman–Crippen MR) is 112 cm³/mol. The molecule has 5 rings (SSSR count). The summed E-state index contributed by atoms with van der Waals surface area (Å²) < 4.78 is 53.1. The second-order valence-corrected chi connectivity index (χ2v) is 8.01. The van der Waals surface area contributed by atoms with Crippen molar-refractivity contribution in [3.05, 3.63) is 58.7 Å². The van der Waals surface area contributed by atoms with Crippen LogP contribution in [-0.4, -0.2) is 33.8 Å². The van der Waals surface area contributed by atoms with Crippen LogP contribution in [0.15, 0.2) is 42.5 Å². The quantitative estimate of drug-likeness (QED) is 0.462. The molecule has 2 aliphatic heterocycles. The molecule has 3 N–H and O–H groups in total. The van der Waals surface area contributed by atoms with E-state index in [1.165, 1.54) is 24.3 Å². The SMILES string of the molecule is O=C(Nc1cc(Cl)ccc1O)c1cc2n(n1)[C@H](C(F)(F)F)C[C@H](c1ccc3c(c1)OCO3)N2. The van der Waals surface area contributed by atoms with Crippen LogP contribution in [0.25, 0.3) is 0 Å². The molecule has 1 aromatic heterocycles. The Kier molecular flexibility index (Phi) is 5.00. The molecule has 0 saturated carbocycles. The van der Waals surface area contributed by atoms with Crippen molar-refractivity contribution in [2.45, 2.75) is 24.7 Å². The number of fused-ring (bicyclic) bond motifs is 2. The van der Waals surface area contributed by atoms with Gasteiger partial charge in [0.15, 0.2) is 23.2 Å². The Morgan fingerprint density at radius 2 is 1.97 bits per heavy atom. The molecule has 0 saturated heterocycles. The Hall–Kier alpha value is -3.60. The third kappa shape index (κ3) is 3.99. The van der Waals surface area contributed by atoms with E-state index >= 15 is 0 Å². The number of ether oxygens (including phenoxy) is 2. The highest BCUT2D eigenvalue weighted by Gasteiger charge is 2.47. The Morgan fingerprint density at radius 3 is 2.76 bits per heavy atom. The number of carbonyl (C=O) groups is 1. The number of aromatic hydroxyl groups is 1. The lowest BCUT2D eigenvalue weighted by atomic mass is 9.96. The summed E-state index contributed by atoms with van der Waals surface area (Å²) in [5, 5.41) is 19.5. The first kappa shape index (κ1) is 21.3. The molecular formula is C21H16ClF3N4O4. The first-order valence-corrected chi connectivity index (χ1v) is 10.2. The van der Waals surface area contributed by atoms with Crippen molar-refractivity contribution in [3.63, 3.8) is 0 Å². The zero-order chi connectivity index (χ0) is 23.3. The highest BCUT2D eigenvalue weighted by atomic mass is 35.5. The highest BCUT2D eigenvalue weighted by molar-refractivity contribution is 6.31. The van der Waals surface area contributed by atoms with E-state index in [4.69, 9.17) is 21.1 Å². The third-order valence-electron chi connectivity index (χ3n) is 5.43. The summed E-state index contributed by atoms with van der Waals surface area (Å²) in [4.78, 5) is 12.7. The van der Waals surface area contributed by atoms with Gasteiger partial charge >= 0.3 is 6.18 Å². The van der Waals surface area contributed by atoms with Gasteiger partial charge in [0.2, 0.25) is 6.79 Å². The number of hydrogen-bond acceptors (Lipinski definition) is 6. The van der Waals surface area contributed by atoms with Gasteiger partial charge in [-0.25, -0.2) is 4.68 Å². The minimum atomic E-state index is -4.60. The van der Waals surface area contributed by atoms with Crippen LogP contribution in [0.1, 0.15) is 34.6 Å². The number of carbonyl (C=O) groups excluding carboxylic acids is 1. The van der Waals surface area contributed by atoms with Gasteiger partial charge in [-0.2, -0.15) is 18.3 Å². The number of benzene rings is 2. The van der Waals surface area contributed by atoms with Crippen LogP contribution in [0.4, 0.5) is 24.7 Å². The normalized spacial score (nSPS) is 19.0. The van der Waals surface area contributed by atoms with Gasteiger partial charge in [-0.15, -0.1) is 0 Å². The van der Waals surface area contributed by atoms with Crippen molar-refractivity contribution in [1.82, 2.24) is 9.78 Å². The minimum absolute atomic E-state index is 0.0111. The van der Waals surface area contributed by atoms with E-state index in [0.717, 1.165) is 4.68 Å². The molecule has 2 aliphatic rings. The van der Waals surface area contributed by atoms with Gasteiger partial charge in [0.1, 0.15) is 11.6 Å². The fraction of sp³-hybridized carbons (Fsp3) is 0.238. The van der Waals surface area contributed by atoms with E-state index < -0.39 is 24.2 Å². The average Bonchev–Trinajstić information content (AvgIpc) is 3.41. The monoisotopic (exact) mass is 480 g/mol. The van der Waals surface area contributed by atoms with Crippen molar-refractivity contribution < 1.29 is 32.5 Å². The summed E-state index contributed by atoms with van der Waals surface area (Å²) in [5.74, 6) is -0.0250. The van der Waals surface area contributed by atoms with E-state index in [9.17, 15) is 23.1 Å². The molecule has 3 aromatic rings. The summed E-state index contributed by atoms with van der Waals surface area (Å²) in [7, 11) is 0. The second kappa shape index (κ2) is 7.77. The maximum atomic E-state index is 13.9. The molecule has 0 radical (unpaired) electrons. The van der Waals surface area contributed by atoms with Crippen LogP contribution in [0, 0.1) is 0 Å². The van der Waals surface area contributed by atoms with Crippen LogP contribution in [0.3, 0.4) is 0 Å². The standard InChI is InChI=1S/C21H16ClF3N4O4/c22-11-2-3-15(30)13(6-11)27-20(31)14-8-19-26-12(7-18(21(23,24)25)29(19)28-14)10-1-4-16-17(5-10)33-9-32-16/h1-6,8,12,18,26,30H,7,9H2,(H,27,31)/t12-,18+/m1/s1. The smallest absolute Gasteiger partial charge is 0.410 e. The molecule has 8 nitrogen and oxygen atoms in total. The molecule has 1 amide bonds. The highest BCUT2D eigenvalue weighted by Crippen LogP contribution is 2.45. The first-order chi connectivity index (χ1) is 15.7. The molecule has 0 spiro atoms. The number of nitrogens with zero attached hydrogens (tertiary/aromatic N) is 2. The van der Waals surface area contributed by atoms with Crippen LogP contribution >= 0.6 is 11.6 Å². The van der Waals surface area contributed by atoms with E-state index in [1.54, 1.807) is 18.2 Å². The number of hydrogen-bond donors (Lipinski definition) is 3. The van der Waals surface area contributed by atoms with E-state index in [1.807, 2.05) is 0 Å². The molecule has 0 fully saturated rings. The van der Waals surface area contributed by atoms with E-state index in [0.29, 0.717) is 17.1 Å². The maximum Gasteiger partial charge on any atom is 0.410 e. The molecule has 0 aliphatic carbocycles. The number of alkyl halides is 3. The Bertz CT molecular complexity index is 1250. The van der Waals surface area contributed by atoms with Gasteiger partial charge < -0.3 is 25.2 Å². The van der Waals surface area contributed by atoms with Crippen molar-refractivity contribution >= 4 is 29.0 Å². The number of nitrogens with one attached hydrogen (secondary N) is 2. The molecule has 0 unspecified atom stereocenters. The van der Waals surface area contributed by atoms with E-state index in [2.05, 4.69) is 15.7 Å². The Labute approximate surface area is 189 Å². The van der Waals surface area contributed by atoms with Gasteiger partial charge in [0.25, 0.3) is 5.91 Å². The van der Waals surface area contributed by atoms with Gasteiger partial charge in [-0.1, -0.05) is 17.7 Å². The molecule has 172 valence electrons. The molecule has 2 atom stereocenters. The molecule has 0 bridgehead atoms. The molecule has 2 aromatic carbocycles. The topological polar surface area (TPSA) is 97.6 Å². The number of rotatable bonds is 3. The summed E-state index contributed by atoms with van der Waals surface area (Å²) in [6.07, 6.45) is -4.94. The average molecular weight is 481 g/mol. The van der Waals surface area contributed by atoms with Gasteiger partial charge in [-0.3, -0.25) is 4.79 Å². The summed E-state index contributed by atoms with van der Waals surface area (Å²) >= 11 is 5.87. The number of aromatic nitrogens is 2. The third-order valence-corrected chi connectivity index (χ3v) is 5.66. The number of phenolic OH excluding ortho intramolecular Hbond substituents is 1. The van der Waals surface area contributed by atoms with Crippen molar-refractivity contribution in [1.29, 1.82) is 0 Å². The Balaban J connectivity index is 1.45. The van der Waals surface area contributed by atoms with Crippen molar-refractivity contribution in [2.24, 2.45) is 0 Å². The van der Waals surface area contributed by atoms with Gasteiger partial charge in [-0.05, 0) is 35.9 Å². The van der Waals surface area contributed by atoms with Crippen LogP contribution in [0.5, 0.6) is 17.2 Å². The zero-order valence-electron chi connectivity index (χ0n) is 16.7. The van der Waals surface area contributed by atoms with Crippen molar-refractivity contribution in [3.8, 4) is 17.2 Å². The molecule has 12 heteroatoms. The Morgan fingerprint density at radius 1 is 1.18 bits per heavy atom. The maximum absolute atomic E-state index is 13.9. The first-order valence-electron chi connectivity index (χ1n) is 9.81. The lowest BCUT2D eigenvalue weighted by Crippen LogP contribution is -2.35. The molecule has 33 heavy (non-hydrogen) atoms. The number of anilines is 2. The second-order valence-electron chi connectivity index (χ2n) is 7.58. The number of halogens is 4. The minimum Gasteiger partial charge on any atom is -0.506 e. The van der Waals surface area contributed by atoms with Crippen LogP contribution in [-0.2, 0) is 0 Å². The predicted octanol–water partition coefficient (Wildman–Crippen LogP) is 4.88. The lowest BCUT2D eigenvalue weighted by molar-refractivity contribution is -0.173. The lowest BCUT2D eigenvalue weighted by Gasteiger charge is -2.33. The molecular weight excluding hydrogens is 465 g/mol. The number of amides is 1. The summed E-state index contributed by atoms with van der Waals surface area (Å²) in [6, 6.07) is 7.54. The summed E-state index contributed by atoms with van der Waals surface area (Å²) in [5.41, 5.74) is 0.338. The van der Waals surface area contributed by atoms with Crippen LogP contribution in [0.2, 0.25) is 5.02 Å². The number of phenols is 1. The fourth-order valence-corrected chi connectivity index (χ4v) is 4.00. The van der Waals surface area contributed by atoms with Crippen molar-refractivity contribution in [2.75, 3.05) is 17.4 Å². The largest absolute Gasteiger partial charge is 0.506 e. The summed E-state index contributed by atoms with van der Waals surface area (Å²) in [6.45, 7) is 0.0511. The molecule has 3 heterocycles. The van der Waals surface area contributed by atoms with E-state index in [-0.39, 0.29) is 41.2 Å².